The van der Waals surface area contributed by atoms with Gasteiger partial charge in [0.25, 0.3) is 0 Å². The van der Waals surface area contributed by atoms with E-state index in [1.807, 2.05) is 0 Å². The SMILES string of the molecule is Cc1nn(C)c(Cl)c1S(=O)(=O)N1CC[CH]CC1. The molecule has 95 valence electrons. The number of aryl methyl sites for hydroxylation is 2. The molecule has 1 fully saturated rings. The molecule has 1 aromatic rings. The molecule has 1 aromatic heterocycles. The molecule has 0 aliphatic carbocycles. The van der Waals surface area contributed by atoms with Gasteiger partial charge in [-0.1, -0.05) is 11.6 Å². The molecular weight excluding hydrogens is 262 g/mol. The number of hydrogen-bond donors (Lipinski definition) is 0. The second-order valence-corrected chi connectivity index (χ2v) is 6.33. The number of hydrogen-bond acceptors (Lipinski definition) is 3. The van der Waals surface area contributed by atoms with Crippen LogP contribution in [0.25, 0.3) is 0 Å². The van der Waals surface area contributed by atoms with E-state index >= 15 is 0 Å². The van der Waals surface area contributed by atoms with E-state index in [4.69, 9.17) is 11.6 Å². The number of aromatic nitrogens is 2. The third-order valence-electron chi connectivity index (χ3n) is 2.86. The van der Waals surface area contributed by atoms with Crippen LogP contribution in [0.4, 0.5) is 0 Å². The first kappa shape index (κ1) is 12.9. The summed E-state index contributed by atoms with van der Waals surface area (Å²) in [6, 6.07) is 0. The van der Waals surface area contributed by atoms with Crippen molar-refractivity contribution in [3.63, 3.8) is 0 Å². The van der Waals surface area contributed by atoms with Crippen LogP contribution in [0.15, 0.2) is 4.90 Å². The molecule has 0 bridgehead atoms. The molecule has 0 N–H and O–H groups in total. The van der Waals surface area contributed by atoms with Gasteiger partial charge in [-0.15, -0.1) is 0 Å². The molecule has 2 heterocycles. The van der Waals surface area contributed by atoms with E-state index in [9.17, 15) is 8.42 Å². The summed E-state index contributed by atoms with van der Waals surface area (Å²) < 4.78 is 27.7. The Bertz CT molecular complexity index is 518. The Morgan fingerprint density at radius 2 is 1.94 bits per heavy atom. The largest absolute Gasteiger partial charge is 0.255 e. The van der Waals surface area contributed by atoms with E-state index < -0.39 is 10.0 Å². The van der Waals surface area contributed by atoms with Crippen LogP contribution in [0, 0.1) is 13.3 Å². The molecule has 0 unspecified atom stereocenters. The van der Waals surface area contributed by atoms with Crippen molar-refractivity contribution in [2.45, 2.75) is 24.7 Å². The van der Waals surface area contributed by atoms with Gasteiger partial charge in [0.15, 0.2) is 0 Å². The maximum atomic E-state index is 12.4. The zero-order chi connectivity index (χ0) is 12.6. The van der Waals surface area contributed by atoms with Gasteiger partial charge < -0.3 is 0 Å². The third-order valence-corrected chi connectivity index (χ3v) is 5.46. The van der Waals surface area contributed by atoms with Crippen LogP contribution >= 0.6 is 11.6 Å². The second-order valence-electron chi connectivity index (χ2n) is 4.10. The number of rotatable bonds is 2. The minimum absolute atomic E-state index is 0.142. The van der Waals surface area contributed by atoms with Gasteiger partial charge in [-0.05, 0) is 26.2 Å². The fourth-order valence-corrected chi connectivity index (χ4v) is 4.18. The summed E-state index contributed by atoms with van der Waals surface area (Å²) >= 11 is 6.00. The lowest BCUT2D eigenvalue weighted by Crippen LogP contribution is -2.36. The zero-order valence-electron chi connectivity index (χ0n) is 9.85. The van der Waals surface area contributed by atoms with E-state index in [0.717, 1.165) is 12.8 Å². The first-order chi connectivity index (χ1) is 7.94. The van der Waals surface area contributed by atoms with Crippen molar-refractivity contribution in [3.8, 4) is 0 Å². The molecule has 2 rings (SSSR count). The molecule has 0 aromatic carbocycles. The van der Waals surface area contributed by atoms with Gasteiger partial charge in [-0.3, -0.25) is 4.68 Å². The average Bonchev–Trinajstić information content (AvgIpc) is 2.54. The van der Waals surface area contributed by atoms with Gasteiger partial charge in [-0.25, -0.2) is 8.42 Å². The van der Waals surface area contributed by atoms with Crippen molar-refractivity contribution in [1.82, 2.24) is 14.1 Å². The molecule has 0 saturated carbocycles. The average molecular weight is 277 g/mol. The Morgan fingerprint density at radius 3 is 2.41 bits per heavy atom. The Balaban J connectivity index is 2.43. The highest BCUT2D eigenvalue weighted by molar-refractivity contribution is 7.89. The highest BCUT2D eigenvalue weighted by Crippen LogP contribution is 2.28. The Morgan fingerprint density at radius 1 is 1.35 bits per heavy atom. The third kappa shape index (κ3) is 2.21. The molecule has 1 aliphatic heterocycles. The fraction of sp³-hybridized carbons (Fsp3) is 0.600. The van der Waals surface area contributed by atoms with Crippen LogP contribution in [-0.4, -0.2) is 35.6 Å². The molecule has 0 atom stereocenters. The quantitative estimate of drug-likeness (QED) is 0.820. The first-order valence-corrected chi connectivity index (χ1v) is 7.27. The minimum Gasteiger partial charge on any atom is -0.255 e. The van der Waals surface area contributed by atoms with Gasteiger partial charge >= 0.3 is 0 Å². The van der Waals surface area contributed by atoms with Gasteiger partial charge in [0.2, 0.25) is 10.0 Å². The lowest BCUT2D eigenvalue weighted by molar-refractivity contribution is 0.384. The summed E-state index contributed by atoms with van der Waals surface area (Å²) in [5.74, 6) is 0. The van der Waals surface area contributed by atoms with E-state index in [0.29, 0.717) is 18.8 Å². The maximum absolute atomic E-state index is 12.4. The van der Waals surface area contributed by atoms with Crippen molar-refractivity contribution < 1.29 is 8.42 Å². The van der Waals surface area contributed by atoms with E-state index in [2.05, 4.69) is 11.5 Å². The molecule has 0 spiro atoms. The zero-order valence-corrected chi connectivity index (χ0v) is 11.4. The van der Waals surface area contributed by atoms with Crippen molar-refractivity contribution in [1.29, 1.82) is 0 Å². The summed E-state index contributed by atoms with van der Waals surface area (Å²) in [5.41, 5.74) is 0.451. The van der Waals surface area contributed by atoms with Gasteiger partial charge in [0.05, 0.1) is 5.69 Å². The van der Waals surface area contributed by atoms with Crippen molar-refractivity contribution >= 4 is 21.6 Å². The van der Waals surface area contributed by atoms with Crippen molar-refractivity contribution in [3.05, 3.63) is 17.3 Å². The molecule has 1 aliphatic rings. The minimum atomic E-state index is -3.50. The van der Waals surface area contributed by atoms with E-state index in [1.165, 1.54) is 8.99 Å². The summed E-state index contributed by atoms with van der Waals surface area (Å²) in [4.78, 5) is 0.142. The van der Waals surface area contributed by atoms with Crippen LogP contribution in [0.1, 0.15) is 18.5 Å². The Labute approximate surface area is 106 Å². The van der Waals surface area contributed by atoms with Crippen LogP contribution < -0.4 is 0 Å². The monoisotopic (exact) mass is 276 g/mol. The van der Waals surface area contributed by atoms with Crippen LogP contribution in [0.2, 0.25) is 5.15 Å². The van der Waals surface area contributed by atoms with Gasteiger partial charge in [0.1, 0.15) is 10.0 Å². The van der Waals surface area contributed by atoms with Gasteiger partial charge in [-0.2, -0.15) is 9.40 Å². The Hall–Kier alpha value is -0.590. The normalized spacial score (nSPS) is 18.5. The molecule has 0 amide bonds. The molecule has 1 radical (unpaired) electrons. The lowest BCUT2D eigenvalue weighted by atomic mass is 10.2. The molecule has 1 saturated heterocycles. The number of sulfonamides is 1. The summed E-state index contributed by atoms with van der Waals surface area (Å²) in [7, 11) is -1.87. The van der Waals surface area contributed by atoms with Crippen molar-refractivity contribution in [2.24, 2.45) is 7.05 Å². The van der Waals surface area contributed by atoms with Crippen LogP contribution in [-0.2, 0) is 17.1 Å². The molecule has 17 heavy (non-hydrogen) atoms. The van der Waals surface area contributed by atoms with Crippen molar-refractivity contribution in [2.75, 3.05) is 13.1 Å². The number of halogens is 1. The van der Waals surface area contributed by atoms with E-state index in [1.54, 1.807) is 14.0 Å². The summed E-state index contributed by atoms with van der Waals surface area (Å²) in [5, 5.41) is 4.22. The predicted molar refractivity (Wildman–Crippen MR) is 65.2 cm³/mol. The highest BCUT2D eigenvalue weighted by atomic mass is 35.5. The van der Waals surface area contributed by atoms with Crippen LogP contribution in [0.5, 0.6) is 0 Å². The smallest absolute Gasteiger partial charge is 0.248 e. The highest BCUT2D eigenvalue weighted by Gasteiger charge is 2.32. The summed E-state index contributed by atoms with van der Waals surface area (Å²) in [6.45, 7) is 2.70. The number of nitrogens with zero attached hydrogens (tertiary/aromatic N) is 3. The topological polar surface area (TPSA) is 55.2 Å². The van der Waals surface area contributed by atoms with E-state index in [-0.39, 0.29) is 10.0 Å². The first-order valence-electron chi connectivity index (χ1n) is 5.45. The number of piperidine rings is 1. The van der Waals surface area contributed by atoms with Gasteiger partial charge in [0, 0.05) is 20.1 Å². The molecule has 7 heteroatoms. The molecule has 5 nitrogen and oxygen atoms in total. The summed E-state index contributed by atoms with van der Waals surface area (Å²) in [6.07, 6.45) is 3.68. The fourth-order valence-electron chi connectivity index (χ4n) is 2.00. The predicted octanol–water partition coefficient (Wildman–Crippen LogP) is 1.37. The Kier molecular flexibility index (Phi) is 3.47. The molecular formula is C10H15ClN3O2S. The van der Waals surface area contributed by atoms with Crippen LogP contribution in [0.3, 0.4) is 0 Å². The standard InChI is InChI=1S/C10H15ClN3O2S/c1-8-9(10(11)13(2)12-8)17(15,16)14-6-4-3-5-7-14/h3H,4-7H2,1-2H3. The lowest BCUT2D eigenvalue weighted by Gasteiger charge is -2.25. The maximum Gasteiger partial charge on any atom is 0.248 e. The second kappa shape index (κ2) is 4.59.